The van der Waals surface area contributed by atoms with E-state index in [1.54, 1.807) is 18.2 Å². The van der Waals surface area contributed by atoms with Crippen LogP contribution in [-0.4, -0.2) is 38.3 Å². The summed E-state index contributed by atoms with van der Waals surface area (Å²) in [4.78, 5) is 12.8. The molecule has 8 heteroatoms. The van der Waals surface area contributed by atoms with Crippen molar-refractivity contribution in [3.8, 4) is 0 Å². The van der Waals surface area contributed by atoms with Gasteiger partial charge in [-0.2, -0.15) is 4.31 Å². The van der Waals surface area contributed by atoms with Gasteiger partial charge in [-0.25, -0.2) is 12.8 Å². The molecule has 1 fully saturated rings. The summed E-state index contributed by atoms with van der Waals surface area (Å²) in [5.41, 5.74) is 0.821. The zero-order chi connectivity index (χ0) is 19.3. The van der Waals surface area contributed by atoms with Crippen LogP contribution in [0.5, 0.6) is 0 Å². The molecule has 3 rings (SSSR count). The molecule has 0 radical (unpaired) electrons. The summed E-state index contributed by atoms with van der Waals surface area (Å²) in [6, 6.07) is 9.57. The minimum atomic E-state index is -3.45. The van der Waals surface area contributed by atoms with Crippen LogP contribution in [0.1, 0.15) is 29.7 Å². The zero-order valence-corrected chi connectivity index (χ0v) is 16.6. The Labute approximate surface area is 163 Å². The Kier molecular flexibility index (Phi) is 6.62. The van der Waals surface area contributed by atoms with Crippen LogP contribution in [0.4, 0.5) is 4.39 Å². The van der Waals surface area contributed by atoms with E-state index < -0.39 is 10.0 Å². The predicted molar refractivity (Wildman–Crippen MR) is 104 cm³/mol. The summed E-state index contributed by atoms with van der Waals surface area (Å²) in [5.74, 6) is -0.463. The molecule has 2 aromatic rings. The van der Waals surface area contributed by atoms with Gasteiger partial charge in [-0.15, -0.1) is 11.3 Å². The van der Waals surface area contributed by atoms with Gasteiger partial charge in [0.15, 0.2) is 0 Å². The van der Waals surface area contributed by atoms with Gasteiger partial charge < -0.3 is 5.32 Å². The first kappa shape index (κ1) is 20.0. The van der Waals surface area contributed by atoms with Crippen molar-refractivity contribution in [3.63, 3.8) is 0 Å². The molecule has 5 nitrogen and oxygen atoms in total. The van der Waals surface area contributed by atoms with Crippen LogP contribution < -0.4 is 5.32 Å². The number of nitrogens with zero attached hydrogens (tertiary/aromatic N) is 1. The van der Waals surface area contributed by atoms with Gasteiger partial charge in [-0.05, 0) is 49.1 Å². The Balaban J connectivity index is 1.51. The third kappa shape index (κ3) is 5.37. The summed E-state index contributed by atoms with van der Waals surface area (Å²) < 4.78 is 40.3. The van der Waals surface area contributed by atoms with Gasteiger partial charge in [0.1, 0.15) is 10.0 Å². The van der Waals surface area contributed by atoms with Crippen molar-refractivity contribution in [2.24, 2.45) is 0 Å². The lowest BCUT2D eigenvalue weighted by Gasteiger charge is -2.25. The molecule has 146 valence electrons. The highest BCUT2D eigenvalue weighted by molar-refractivity contribution is 7.91. The Morgan fingerprint density at radius 2 is 1.93 bits per heavy atom. The second-order valence-electron chi connectivity index (χ2n) is 6.59. The summed E-state index contributed by atoms with van der Waals surface area (Å²) in [5, 5.41) is 2.80. The Bertz CT molecular complexity index is 890. The molecule has 0 spiro atoms. The molecule has 0 aliphatic carbocycles. The maximum Gasteiger partial charge on any atom is 0.252 e. The molecule has 1 N–H and O–H groups in total. The highest BCUT2D eigenvalue weighted by Crippen LogP contribution is 2.27. The molecule has 27 heavy (non-hydrogen) atoms. The van der Waals surface area contributed by atoms with E-state index >= 15 is 0 Å². The highest BCUT2D eigenvalue weighted by Gasteiger charge is 2.27. The van der Waals surface area contributed by atoms with Crippen LogP contribution in [-0.2, 0) is 27.7 Å². The predicted octanol–water partition coefficient (Wildman–Crippen LogP) is 2.96. The van der Waals surface area contributed by atoms with Crippen molar-refractivity contribution in [1.29, 1.82) is 0 Å². The molecule has 1 aromatic carbocycles. The number of hydrogen-bond acceptors (Lipinski definition) is 4. The first-order valence-corrected chi connectivity index (χ1v) is 11.3. The van der Waals surface area contributed by atoms with Crippen molar-refractivity contribution < 1.29 is 17.6 Å². The number of sulfonamides is 1. The number of carbonyl (C=O) groups excluding carboxylic acids is 1. The number of carbonyl (C=O) groups is 1. The van der Waals surface area contributed by atoms with Crippen molar-refractivity contribution in [1.82, 2.24) is 9.62 Å². The van der Waals surface area contributed by atoms with Crippen molar-refractivity contribution in [2.45, 2.75) is 36.3 Å². The maximum atomic E-state index is 13.1. The zero-order valence-electron chi connectivity index (χ0n) is 15.0. The second-order valence-corrected chi connectivity index (χ2v) is 9.93. The summed E-state index contributed by atoms with van der Waals surface area (Å²) >= 11 is 1.15. The molecule has 0 saturated carbocycles. The standard InChI is InChI=1S/C19H23FN2O3S2/c20-16-6-4-5-15(13-16)9-10-21-18(23)14-17-7-8-19(26-17)27(24,25)22-11-2-1-3-12-22/h4-8,13H,1-3,9-12,14H2,(H,21,23). The van der Waals surface area contributed by atoms with Crippen LogP contribution in [0.2, 0.25) is 0 Å². The van der Waals surface area contributed by atoms with Gasteiger partial charge in [0, 0.05) is 24.5 Å². The summed E-state index contributed by atoms with van der Waals surface area (Å²) in [6.07, 6.45) is 3.54. The van der Waals surface area contributed by atoms with Crippen molar-refractivity contribution >= 4 is 27.3 Å². The molecule has 1 aliphatic heterocycles. The monoisotopic (exact) mass is 410 g/mol. The van der Waals surface area contributed by atoms with Gasteiger partial charge in [0.2, 0.25) is 5.91 Å². The molecular formula is C19H23FN2O3S2. The van der Waals surface area contributed by atoms with Gasteiger partial charge in [-0.3, -0.25) is 4.79 Å². The molecule has 1 amide bonds. The molecular weight excluding hydrogens is 387 g/mol. The number of hydrogen-bond donors (Lipinski definition) is 1. The van der Waals surface area contributed by atoms with Gasteiger partial charge >= 0.3 is 0 Å². The minimum absolute atomic E-state index is 0.142. The fraction of sp³-hybridized carbons (Fsp3) is 0.421. The number of piperidine rings is 1. The molecule has 0 bridgehead atoms. The van der Waals surface area contributed by atoms with Crippen LogP contribution in [0.3, 0.4) is 0 Å². The van der Waals surface area contributed by atoms with E-state index in [9.17, 15) is 17.6 Å². The minimum Gasteiger partial charge on any atom is -0.355 e. The number of benzene rings is 1. The number of amides is 1. The van der Waals surface area contributed by atoms with E-state index in [1.807, 2.05) is 6.07 Å². The number of halogens is 1. The molecule has 0 unspecified atom stereocenters. The number of rotatable bonds is 7. The average molecular weight is 411 g/mol. The largest absolute Gasteiger partial charge is 0.355 e. The van der Waals surface area contributed by atoms with Crippen LogP contribution in [0, 0.1) is 5.82 Å². The lowest BCUT2D eigenvalue weighted by molar-refractivity contribution is -0.120. The van der Waals surface area contributed by atoms with E-state index in [4.69, 9.17) is 0 Å². The smallest absolute Gasteiger partial charge is 0.252 e. The second kappa shape index (κ2) is 8.95. The molecule has 2 heterocycles. The maximum absolute atomic E-state index is 13.1. The first-order valence-electron chi connectivity index (χ1n) is 9.05. The summed E-state index contributed by atoms with van der Waals surface area (Å²) in [6.45, 7) is 1.54. The third-order valence-electron chi connectivity index (χ3n) is 4.51. The Morgan fingerprint density at radius 1 is 1.15 bits per heavy atom. The lowest BCUT2D eigenvalue weighted by Crippen LogP contribution is -2.35. The topological polar surface area (TPSA) is 66.5 Å². The van der Waals surface area contributed by atoms with Gasteiger partial charge in [-0.1, -0.05) is 18.6 Å². The van der Waals surface area contributed by atoms with Crippen LogP contribution >= 0.6 is 11.3 Å². The van der Waals surface area contributed by atoms with E-state index in [2.05, 4.69) is 5.32 Å². The molecule has 1 aromatic heterocycles. The van der Waals surface area contributed by atoms with Gasteiger partial charge in [0.05, 0.1) is 6.42 Å². The first-order chi connectivity index (χ1) is 12.9. The SMILES string of the molecule is O=C(Cc1ccc(S(=O)(=O)N2CCCCC2)s1)NCCc1cccc(F)c1. The van der Waals surface area contributed by atoms with E-state index in [0.29, 0.717) is 35.1 Å². The molecule has 0 atom stereocenters. The average Bonchev–Trinajstić information content (AvgIpc) is 3.12. The van der Waals surface area contributed by atoms with E-state index in [1.165, 1.54) is 16.4 Å². The molecule has 1 saturated heterocycles. The number of nitrogens with one attached hydrogen (secondary N) is 1. The Hall–Kier alpha value is -1.77. The van der Waals surface area contributed by atoms with Crippen LogP contribution in [0.25, 0.3) is 0 Å². The van der Waals surface area contributed by atoms with Crippen molar-refractivity contribution in [3.05, 3.63) is 52.7 Å². The Morgan fingerprint density at radius 3 is 2.67 bits per heavy atom. The highest BCUT2D eigenvalue weighted by atomic mass is 32.2. The fourth-order valence-corrected chi connectivity index (χ4v) is 6.11. The van der Waals surface area contributed by atoms with Crippen molar-refractivity contribution in [2.75, 3.05) is 19.6 Å². The van der Waals surface area contributed by atoms with Crippen LogP contribution in [0.15, 0.2) is 40.6 Å². The quantitative estimate of drug-likeness (QED) is 0.763. The number of thiophene rings is 1. The summed E-state index contributed by atoms with van der Waals surface area (Å²) in [7, 11) is -3.45. The lowest BCUT2D eigenvalue weighted by atomic mass is 10.1. The van der Waals surface area contributed by atoms with E-state index in [-0.39, 0.29) is 18.1 Å². The normalized spacial score (nSPS) is 15.6. The fourth-order valence-electron chi connectivity index (χ4n) is 3.08. The van der Waals surface area contributed by atoms with Gasteiger partial charge in [0.25, 0.3) is 10.0 Å². The van der Waals surface area contributed by atoms with E-state index in [0.717, 1.165) is 36.2 Å². The molecule has 1 aliphatic rings. The third-order valence-corrected chi connectivity index (χ3v) is 7.96.